The van der Waals surface area contributed by atoms with E-state index in [1.165, 1.54) is 4.31 Å². The Morgan fingerprint density at radius 1 is 1.03 bits per heavy atom. The lowest BCUT2D eigenvalue weighted by molar-refractivity contribution is -0.126. The minimum Gasteiger partial charge on any atom is -0.465 e. The Hall–Kier alpha value is -2.59. The van der Waals surface area contributed by atoms with Crippen LogP contribution >= 0.6 is 0 Å². The number of sulfonamides is 1. The fraction of sp³-hybridized carbons (Fsp3) is 0.583. The van der Waals surface area contributed by atoms with Crippen molar-refractivity contribution in [3.05, 3.63) is 40.6 Å². The Bertz CT molecular complexity index is 1150. The molecule has 0 saturated carbocycles. The summed E-state index contributed by atoms with van der Waals surface area (Å²) in [4.78, 5) is 30.8. The second-order valence-corrected chi connectivity index (χ2v) is 11.2. The van der Waals surface area contributed by atoms with Crippen molar-refractivity contribution in [3.63, 3.8) is 0 Å². The van der Waals surface area contributed by atoms with E-state index in [0.29, 0.717) is 49.6 Å². The first-order chi connectivity index (χ1) is 16.2. The topological polar surface area (TPSA) is 116 Å². The molecule has 10 heteroatoms. The summed E-state index contributed by atoms with van der Waals surface area (Å²) in [6.45, 7) is 7.39. The van der Waals surface area contributed by atoms with Crippen LogP contribution in [0.25, 0.3) is 0 Å². The highest BCUT2D eigenvalue weighted by Crippen LogP contribution is 2.31. The van der Waals surface area contributed by atoms with Crippen LogP contribution in [0.15, 0.2) is 21.4 Å². The van der Waals surface area contributed by atoms with Crippen molar-refractivity contribution in [2.24, 2.45) is 5.92 Å². The molecule has 2 amide bonds. The van der Waals surface area contributed by atoms with Gasteiger partial charge in [0.25, 0.3) is 5.91 Å². The third-order valence-electron chi connectivity index (χ3n) is 6.83. The molecule has 9 nitrogen and oxygen atoms in total. The lowest BCUT2D eigenvalue weighted by Crippen LogP contribution is -2.43. The number of hydrogen-bond donors (Lipinski definition) is 2. The Morgan fingerprint density at radius 2 is 1.71 bits per heavy atom. The van der Waals surface area contributed by atoms with Gasteiger partial charge in [-0.3, -0.25) is 9.59 Å². The van der Waals surface area contributed by atoms with E-state index in [0.717, 1.165) is 25.0 Å². The van der Waals surface area contributed by atoms with Gasteiger partial charge >= 0.3 is 0 Å². The molecule has 2 aliphatic heterocycles. The summed E-state index contributed by atoms with van der Waals surface area (Å²) in [5.74, 6) is 0.903. The molecule has 0 radical (unpaired) electrons. The summed E-state index contributed by atoms with van der Waals surface area (Å²) < 4.78 is 34.2. The number of carbonyl (C=O) groups is 2. The van der Waals surface area contributed by atoms with Crippen molar-refractivity contribution < 1.29 is 22.4 Å². The molecule has 4 heterocycles. The number of H-pyrrole nitrogens is 1. The average molecular weight is 491 g/mol. The number of rotatable bonds is 6. The van der Waals surface area contributed by atoms with Gasteiger partial charge in [-0.2, -0.15) is 4.31 Å². The summed E-state index contributed by atoms with van der Waals surface area (Å²) in [7, 11) is -3.88. The van der Waals surface area contributed by atoms with E-state index < -0.39 is 10.0 Å². The molecule has 2 fully saturated rings. The summed E-state index contributed by atoms with van der Waals surface area (Å²) in [6.07, 6.45) is 3.82. The number of aromatic amines is 1. The summed E-state index contributed by atoms with van der Waals surface area (Å²) >= 11 is 0. The molecule has 0 aliphatic carbocycles. The third kappa shape index (κ3) is 4.93. The van der Waals surface area contributed by atoms with E-state index in [4.69, 9.17) is 4.42 Å². The maximum absolute atomic E-state index is 13.6. The van der Waals surface area contributed by atoms with Gasteiger partial charge in [0.1, 0.15) is 16.4 Å². The van der Waals surface area contributed by atoms with E-state index in [1.807, 2.05) is 19.1 Å². The highest BCUT2D eigenvalue weighted by Gasteiger charge is 2.38. The summed E-state index contributed by atoms with van der Waals surface area (Å²) in [6, 6.07) is 3.68. The third-order valence-corrected chi connectivity index (χ3v) is 8.90. The predicted molar refractivity (Wildman–Crippen MR) is 127 cm³/mol. The van der Waals surface area contributed by atoms with E-state index >= 15 is 0 Å². The molecule has 0 unspecified atom stereocenters. The van der Waals surface area contributed by atoms with Crippen molar-refractivity contribution in [3.8, 4) is 0 Å². The molecule has 2 N–H and O–H groups in total. The molecule has 4 rings (SSSR count). The quantitative estimate of drug-likeness (QED) is 0.646. The van der Waals surface area contributed by atoms with Crippen LogP contribution in [0.5, 0.6) is 0 Å². The van der Waals surface area contributed by atoms with Gasteiger partial charge in [0.05, 0.1) is 12.1 Å². The average Bonchev–Trinajstić information content (AvgIpc) is 3.39. The minimum absolute atomic E-state index is 0.0802. The first-order valence-electron chi connectivity index (χ1n) is 12.0. The standard InChI is InChI=1S/C24H34N4O5S/c1-16-7-8-20(33-16)15-25-23(29)19-9-13-28(14-10-19)34(31,32)22-18(3)26-17(2)21(22)24(30)27-11-5-4-6-12-27/h7-8,19,26H,4-6,9-15H2,1-3H3,(H,25,29). The van der Waals surface area contributed by atoms with Crippen molar-refractivity contribution in [1.82, 2.24) is 19.5 Å². The second-order valence-electron chi connectivity index (χ2n) is 9.34. The van der Waals surface area contributed by atoms with Crippen LogP contribution in [0.4, 0.5) is 0 Å². The van der Waals surface area contributed by atoms with Crippen LogP contribution in [0, 0.1) is 26.7 Å². The monoisotopic (exact) mass is 490 g/mol. The maximum Gasteiger partial charge on any atom is 0.257 e. The molecular weight excluding hydrogens is 456 g/mol. The van der Waals surface area contributed by atoms with Crippen LogP contribution in [0.2, 0.25) is 0 Å². The fourth-order valence-electron chi connectivity index (χ4n) is 4.98. The Morgan fingerprint density at radius 3 is 2.32 bits per heavy atom. The van der Waals surface area contributed by atoms with E-state index in [1.54, 1.807) is 18.7 Å². The second kappa shape index (κ2) is 9.95. The van der Waals surface area contributed by atoms with Crippen LogP contribution in [0.1, 0.15) is 65.4 Å². The van der Waals surface area contributed by atoms with Gasteiger partial charge in [-0.15, -0.1) is 0 Å². The highest BCUT2D eigenvalue weighted by atomic mass is 32.2. The Labute approximate surface area is 200 Å². The number of amides is 2. The fourth-order valence-corrected chi connectivity index (χ4v) is 6.87. The van der Waals surface area contributed by atoms with Gasteiger partial charge in [-0.25, -0.2) is 8.42 Å². The number of carbonyl (C=O) groups excluding carboxylic acids is 2. The lowest BCUT2D eigenvalue weighted by Gasteiger charge is -2.31. The smallest absolute Gasteiger partial charge is 0.257 e. The lowest BCUT2D eigenvalue weighted by atomic mass is 9.97. The largest absolute Gasteiger partial charge is 0.465 e. The zero-order valence-electron chi connectivity index (χ0n) is 20.1. The number of aromatic nitrogens is 1. The van der Waals surface area contributed by atoms with Gasteiger partial charge in [0.2, 0.25) is 15.9 Å². The van der Waals surface area contributed by atoms with Crippen LogP contribution in [-0.4, -0.2) is 60.6 Å². The molecule has 0 bridgehead atoms. The molecular formula is C24H34N4O5S. The van der Waals surface area contributed by atoms with Crippen molar-refractivity contribution in [2.75, 3.05) is 26.2 Å². The van der Waals surface area contributed by atoms with E-state index in [-0.39, 0.29) is 41.3 Å². The Balaban J connectivity index is 1.44. The Kier molecular flexibility index (Phi) is 7.18. The number of aryl methyl sites for hydroxylation is 3. The van der Waals surface area contributed by atoms with Crippen molar-refractivity contribution in [2.45, 2.75) is 64.3 Å². The van der Waals surface area contributed by atoms with E-state index in [9.17, 15) is 18.0 Å². The number of nitrogens with one attached hydrogen (secondary N) is 2. The molecule has 186 valence electrons. The molecule has 2 aromatic heterocycles. The van der Waals surface area contributed by atoms with Crippen molar-refractivity contribution in [1.29, 1.82) is 0 Å². The number of hydrogen-bond acceptors (Lipinski definition) is 5. The zero-order chi connectivity index (χ0) is 24.5. The molecule has 0 atom stereocenters. The molecule has 2 aromatic rings. The van der Waals surface area contributed by atoms with Crippen LogP contribution in [-0.2, 0) is 21.4 Å². The van der Waals surface area contributed by atoms with Gasteiger partial charge in [-0.05, 0) is 65.0 Å². The first kappa shape index (κ1) is 24.5. The van der Waals surface area contributed by atoms with Gasteiger partial charge < -0.3 is 19.6 Å². The molecule has 2 aliphatic rings. The molecule has 0 spiro atoms. The number of piperidine rings is 2. The maximum atomic E-state index is 13.6. The normalized spacial score (nSPS) is 18.3. The van der Waals surface area contributed by atoms with Crippen LogP contribution in [0.3, 0.4) is 0 Å². The van der Waals surface area contributed by atoms with Crippen molar-refractivity contribution >= 4 is 21.8 Å². The molecule has 34 heavy (non-hydrogen) atoms. The SMILES string of the molecule is Cc1ccc(CNC(=O)C2CCN(S(=O)(=O)c3c(C)[nH]c(C)c3C(=O)N3CCCCC3)CC2)o1. The van der Waals surface area contributed by atoms with Gasteiger partial charge in [0, 0.05) is 43.5 Å². The van der Waals surface area contributed by atoms with Crippen LogP contribution < -0.4 is 5.32 Å². The molecule has 2 saturated heterocycles. The summed E-state index contributed by atoms with van der Waals surface area (Å²) in [5, 5.41) is 2.88. The highest BCUT2D eigenvalue weighted by molar-refractivity contribution is 7.89. The first-order valence-corrected chi connectivity index (χ1v) is 13.4. The minimum atomic E-state index is -3.88. The van der Waals surface area contributed by atoms with Gasteiger partial charge in [-0.1, -0.05) is 0 Å². The molecule has 0 aromatic carbocycles. The van der Waals surface area contributed by atoms with Gasteiger partial charge in [0.15, 0.2) is 0 Å². The summed E-state index contributed by atoms with van der Waals surface area (Å²) in [5.41, 5.74) is 1.31. The zero-order valence-corrected chi connectivity index (χ0v) is 21.0. The van der Waals surface area contributed by atoms with E-state index in [2.05, 4.69) is 10.3 Å². The predicted octanol–water partition coefficient (Wildman–Crippen LogP) is 2.88. The number of furan rings is 1. The number of nitrogens with zero attached hydrogens (tertiary/aromatic N) is 2. The number of likely N-dealkylation sites (tertiary alicyclic amines) is 1.